The molecule has 100 valence electrons. The SMILES string of the molecule is OC(CCC1CCCCC1)Cc1ccccc1Br. The molecule has 1 N–H and O–H groups in total. The zero-order chi connectivity index (χ0) is 12.8. The molecule has 2 heteroatoms. The summed E-state index contributed by atoms with van der Waals surface area (Å²) in [5.74, 6) is 0.868. The van der Waals surface area contributed by atoms with E-state index in [0.717, 1.165) is 23.2 Å². The Balaban J connectivity index is 1.74. The highest BCUT2D eigenvalue weighted by atomic mass is 79.9. The predicted octanol–water partition coefficient (Wildman–Crippen LogP) is 4.71. The topological polar surface area (TPSA) is 20.2 Å². The van der Waals surface area contributed by atoms with Crippen molar-refractivity contribution in [2.24, 2.45) is 5.92 Å². The largest absolute Gasteiger partial charge is 0.393 e. The van der Waals surface area contributed by atoms with Crippen molar-refractivity contribution in [3.05, 3.63) is 34.3 Å². The summed E-state index contributed by atoms with van der Waals surface area (Å²) in [4.78, 5) is 0. The van der Waals surface area contributed by atoms with Gasteiger partial charge in [0.25, 0.3) is 0 Å². The van der Waals surface area contributed by atoms with Crippen molar-refractivity contribution < 1.29 is 5.11 Å². The fourth-order valence-corrected chi connectivity index (χ4v) is 3.37. The van der Waals surface area contributed by atoms with Gasteiger partial charge in [-0.05, 0) is 36.8 Å². The molecule has 1 unspecified atom stereocenters. The van der Waals surface area contributed by atoms with Crippen LogP contribution in [0, 0.1) is 5.92 Å². The number of benzene rings is 1. The molecule has 0 aromatic heterocycles. The number of rotatable bonds is 5. The van der Waals surface area contributed by atoms with Crippen molar-refractivity contribution in [3.8, 4) is 0 Å². The average molecular weight is 311 g/mol. The lowest BCUT2D eigenvalue weighted by atomic mass is 9.85. The molecule has 0 saturated heterocycles. The summed E-state index contributed by atoms with van der Waals surface area (Å²) >= 11 is 3.54. The van der Waals surface area contributed by atoms with Crippen LogP contribution in [0.5, 0.6) is 0 Å². The monoisotopic (exact) mass is 310 g/mol. The maximum Gasteiger partial charge on any atom is 0.0581 e. The van der Waals surface area contributed by atoms with Crippen LogP contribution in [0.1, 0.15) is 50.5 Å². The van der Waals surface area contributed by atoms with Gasteiger partial charge >= 0.3 is 0 Å². The van der Waals surface area contributed by atoms with Gasteiger partial charge in [0.1, 0.15) is 0 Å². The summed E-state index contributed by atoms with van der Waals surface area (Å²) < 4.78 is 1.11. The fourth-order valence-electron chi connectivity index (χ4n) is 2.92. The fraction of sp³-hybridized carbons (Fsp3) is 0.625. The van der Waals surface area contributed by atoms with Crippen LogP contribution in [0.15, 0.2) is 28.7 Å². The second-order valence-corrected chi connectivity index (χ2v) is 6.39. The van der Waals surface area contributed by atoms with Gasteiger partial charge in [-0.2, -0.15) is 0 Å². The van der Waals surface area contributed by atoms with Crippen LogP contribution in [0.4, 0.5) is 0 Å². The molecule has 0 heterocycles. The second-order valence-electron chi connectivity index (χ2n) is 5.53. The molecule has 0 radical (unpaired) electrons. The van der Waals surface area contributed by atoms with Gasteiger partial charge in [-0.25, -0.2) is 0 Å². The molecule has 1 aromatic carbocycles. The summed E-state index contributed by atoms with van der Waals surface area (Å²) in [6.45, 7) is 0. The summed E-state index contributed by atoms with van der Waals surface area (Å²) in [7, 11) is 0. The Morgan fingerprint density at radius 3 is 2.61 bits per heavy atom. The molecule has 1 aromatic rings. The molecular weight excluding hydrogens is 288 g/mol. The molecule has 0 aliphatic heterocycles. The van der Waals surface area contributed by atoms with Crippen molar-refractivity contribution in [2.75, 3.05) is 0 Å². The van der Waals surface area contributed by atoms with E-state index in [4.69, 9.17) is 0 Å². The van der Waals surface area contributed by atoms with E-state index < -0.39 is 0 Å². The van der Waals surface area contributed by atoms with Crippen molar-refractivity contribution in [3.63, 3.8) is 0 Å². The smallest absolute Gasteiger partial charge is 0.0581 e. The lowest BCUT2D eigenvalue weighted by Gasteiger charge is -2.22. The Kier molecular flexibility index (Phi) is 5.71. The van der Waals surface area contributed by atoms with Gasteiger partial charge in [0.15, 0.2) is 0 Å². The lowest BCUT2D eigenvalue weighted by molar-refractivity contribution is 0.149. The molecule has 18 heavy (non-hydrogen) atoms. The summed E-state index contributed by atoms with van der Waals surface area (Å²) in [5, 5.41) is 10.1. The number of hydrogen-bond donors (Lipinski definition) is 1. The standard InChI is InChI=1S/C16H23BrO/c17-16-9-5-4-8-14(16)12-15(18)11-10-13-6-2-1-3-7-13/h4-5,8-9,13,15,18H,1-3,6-7,10-12H2. The third-order valence-electron chi connectivity index (χ3n) is 4.05. The Labute approximate surface area is 119 Å². The molecule has 1 saturated carbocycles. The zero-order valence-corrected chi connectivity index (χ0v) is 12.5. The summed E-state index contributed by atoms with van der Waals surface area (Å²) in [6, 6.07) is 8.19. The van der Waals surface area contributed by atoms with E-state index >= 15 is 0 Å². The Morgan fingerprint density at radius 2 is 1.89 bits per heavy atom. The van der Waals surface area contributed by atoms with Gasteiger partial charge in [-0.1, -0.05) is 66.2 Å². The summed E-state index contributed by atoms with van der Waals surface area (Å²) in [5.41, 5.74) is 1.22. The van der Waals surface area contributed by atoms with Gasteiger partial charge in [-0.15, -0.1) is 0 Å². The van der Waals surface area contributed by atoms with Crippen LogP contribution in [0.25, 0.3) is 0 Å². The molecule has 0 amide bonds. The maximum absolute atomic E-state index is 10.1. The van der Waals surface area contributed by atoms with Gasteiger partial charge in [0.2, 0.25) is 0 Å². The molecule has 1 fully saturated rings. The first-order valence-electron chi connectivity index (χ1n) is 7.17. The van der Waals surface area contributed by atoms with Crippen LogP contribution >= 0.6 is 15.9 Å². The van der Waals surface area contributed by atoms with Gasteiger partial charge in [0, 0.05) is 4.47 Å². The normalized spacial score (nSPS) is 18.8. The molecule has 0 bridgehead atoms. The molecule has 0 spiro atoms. The predicted molar refractivity (Wildman–Crippen MR) is 79.7 cm³/mol. The number of aliphatic hydroxyl groups is 1. The van der Waals surface area contributed by atoms with E-state index in [-0.39, 0.29) is 6.10 Å². The Morgan fingerprint density at radius 1 is 1.17 bits per heavy atom. The molecule has 2 rings (SSSR count). The van der Waals surface area contributed by atoms with Gasteiger partial charge < -0.3 is 5.11 Å². The number of aliphatic hydroxyl groups excluding tert-OH is 1. The highest BCUT2D eigenvalue weighted by Gasteiger charge is 2.15. The first-order chi connectivity index (χ1) is 8.75. The second kappa shape index (κ2) is 7.30. The van der Waals surface area contributed by atoms with Crippen molar-refractivity contribution in [1.82, 2.24) is 0 Å². The molecule has 1 atom stereocenters. The highest BCUT2D eigenvalue weighted by Crippen LogP contribution is 2.28. The van der Waals surface area contributed by atoms with Crippen molar-refractivity contribution in [1.29, 1.82) is 0 Å². The van der Waals surface area contributed by atoms with Gasteiger partial charge in [-0.3, -0.25) is 0 Å². The summed E-state index contributed by atoms with van der Waals surface area (Å²) in [6.07, 6.45) is 9.69. The molecule has 1 nitrogen and oxygen atoms in total. The minimum atomic E-state index is -0.189. The van der Waals surface area contributed by atoms with Crippen LogP contribution < -0.4 is 0 Å². The molecular formula is C16H23BrO. The lowest BCUT2D eigenvalue weighted by Crippen LogP contribution is -2.14. The third-order valence-corrected chi connectivity index (χ3v) is 4.82. The number of hydrogen-bond acceptors (Lipinski definition) is 1. The quantitative estimate of drug-likeness (QED) is 0.834. The average Bonchev–Trinajstić information content (AvgIpc) is 2.40. The van der Waals surface area contributed by atoms with Gasteiger partial charge in [0.05, 0.1) is 6.10 Å². The van der Waals surface area contributed by atoms with Crippen LogP contribution in [-0.4, -0.2) is 11.2 Å². The third kappa shape index (κ3) is 4.40. The van der Waals surface area contributed by atoms with E-state index in [1.165, 1.54) is 44.1 Å². The highest BCUT2D eigenvalue weighted by molar-refractivity contribution is 9.10. The Bertz CT molecular complexity index is 358. The van der Waals surface area contributed by atoms with E-state index in [1.807, 2.05) is 18.2 Å². The van der Waals surface area contributed by atoms with E-state index in [0.29, 0.717) is 0 Å². The van der Waals surface area contributed by atoms with E-state index in [1.54, 1.807) is 0 Å². The van der Waals surface area contributed by atoms with Crippen molar-refractivity contribution >= 4 is 15.9 Å². The molecule has 1 aliphatic carbocycles. The first kappa shape index (κ1) is 14.1. The maximum atomic E-state index is 10.1. The zero-order valence-electron chi connectivity index (χ0n) is 10.9. The first-order valence-corrected chi connectivity index (χ1v) is 7.96. The van der Waals surface area contributed by atoms with E-state index in [9.17, 15) is 5.11 Å². The van der Waals surface area contributed by atoms with Crippen LogP contribution in [-0.2, 0) is 6.42 Å². The minimum absolute atomic E-state index is 0.189. The Hall–Kier alpha value is -0.340. The minimum Gasteiger partial charge on any atom is -0.393 e. The molecule has 1 aliphatic rings. The van der Waals surface area contributed by atoms with Crippen molar-refractivity contribution in [2.45, 2.75) is 57.5 Å². The number of halogens is 1. The van der Waals surface area contributed by atoms with Crippen LogP contribution in [0.2, 0.25) is 0 Å². The van der Waals surface area contributed by atoms with Crippen LogP contribution in [0.3, 0.4) is 0 Å². The van der Waals surface area contributed by atoms with E-state index in [2.05, 4.69) is 22.0 Å².